The number of hydrogen-bond acceptors (Lipinski definition) is 1. The largest absolute Gasteiger partial charge is 0.337 e. The van der Waals surface area contributed by atoms with Gasteiger partial charge in [0.1, 0.15) is 8.24 Å². The van der Waals surface area contributed by atoms with Crippen molar-refractivity contribution in [1.29, 1.82) is 0 Å². The molecule has 0 rings (SSSR count). The van der Waals surface area contributed by atoms with Gasteiger partial charge in [0, 0.05) is 0 Å². The van der Waals surface area contributed by atoms with Crippen LogP contribution in [0.15, 0.2) is 0 Å². The molecule has 0 fully saturated rings. The Hall–Kier alpha value is 0.177. The van der Waals surface area contributed by atoms with Crippen molar-refractivity contribution in [2.24, 2.45) is 0 Å². The summed E-state index contributed by atoms with van der Waals surface area (Å²) in [5.41, 5.74) is 0. The van der Waals surface area contributed by atoms with Gasteiger partial charge in [0.2, 0.25) is 0 Å². The first-order chi connectivity index (χ1) is 4.56. The van der Waals surface area contributed by atoms with E-state index in [1.54, 1.807) is 0 Å². The molecule has 2 heteroatoms. The van der Waals surface area contributed by atoms with Crippen LogP contribution in [0, 0.1) is 0 Å². The van der Waals surface area contributed by atoms with E-state index in [2.05, 4.69) is 31.5 Å². The molecule has 0 amide bonds. The molecule has 0 radical (unpaired) electrons. The van der Waals surface area contributed by atoms with E-state index in [0.717, 1.165) is 0 Å². The van der Waals surface area contributed by atoms with Crippen LogP contribution >= 0.6 is 0 Å². The summed E-state index contributed by atoms with van der Waals surface area (Å²) in [6.07, 6.45) is 4.05. The topological polar surface area (TPSA) is 12.0 Å². The quantitative estimate of drug-likeness (QED) is 0.480. The van der Waals surface area contributed by atoms with Crippen LogP contribution < -0.4 is 4.98 Å². The van der Waals surface area contributed by atoms with Gasteiger partial charge in [-0.15, -0.1) is 0 Å². The lowest BCUT2D eigenvalue weighted by Crippen LogP contribution is -2.41. The zero-order valence-corrected chi connectivity index (χ0v) is 8.83. The Morgan fingerprint density at radius 3 is 2.10 bits per heavy atom. The van der Waals surface area contributed by atoms with E-state index < -0.39 is 8.24 Å². The zero-order chi connectivity index (χ0) is 8.04. The standard InChI is InChI=1S/C8H21NSi/c1-5-6-7-8-9-10(2,3)4/h9H,5-8H2,1-4H3. The molecule has 0 atom stereocenters. The van der Waals surface area contributed by atoms with E-state index in [9.17, 15) is 0 Å². The van der Waals surface area contributed by atoms with E-state index >= 15 is 0 Å². The van der Waals surface area contributed by atoms with E-state index in [4.69, 9.17) is 0 Å². The average Bonchev–Trinajstić information content (AvgIpc) is 1.78. The summed E-state index contributed by atoms with van der Waals surface area (Å²) < 4.78 is 0. The van der Waals surface area contributed by atoms with Gasteiger partial charge >= 0.3 is 0 Å². The van der Waals surface area contributed by atoms with E-state index in [-0.39, 0.29) is 0 Å². The van der Waals surface area contributed by atoms with Gasteiger partial charge < -0.3 is 4.98 Å². The molecular formula is C8H21NSi. The molecular weight excluding hydrogens is 138 g/mol. The fraction of sp³-hybridized carbons (Fsp3) is 1.00. The highest BCUT2D eigenvalue weighted by Gasteiger charge is 2.09. The molecule has 0 aliphatic rings. The van der Waals surface area contributed by atoms with Crippen molar-refractivity contribution < 1.29 is 0 Å². The number of rotatable bonds is 5. The van der Waals surface area contributed by atoms with E-state index in [0.29, 0.717) is 0 Å². The lowest BCUT2D eigenvalue weighted by atomic mass is 10.3. The van der Waals surface area contributed by atoms with Gasteiger partial charge in [-0.25, -0.2) is 0 Å². The monoisotopic (exact) mass is 159 g/mol. The second-order valence-electron chi connectivity index (χ2n) is 3.88. The summed E-state index contributed by atoms with van der Waals surface area (Å²) >= 11 is 0. The predicted molar refractivity (Wildman–Crippen MR) is 50.9 cm³/mol. The van der Waals surface area contributed by atoms with Gasteiger partial charge in [0.25, 0.3) is 0 Å². The molecule has 10 heavy (non-hydrogen) atoms. The number of unbranched alkanes of at least 4 members (excludes halogenated alkanes) is 2. The van der Waals surface area contributed by atoms with Crippen LogP contribution in [0.4, 0.5) is 0 Å². The molecule has 0 aliphatic heterocycles. The minimum Gasteiger partial charge on any atom is -0.337 e. The number of nitrogens with one attached hydrogen (secondary N) is 1. The Morgan fingerprint density at radius 2 is 1.70 bits per heavy atom. The Kier molecular flexibility index (Phi) is 5.00. The Balaban J connectivity index is 3.04. The van der Waals surface area contributed by atoms with E-state index in [1.165, 1.54) is 25.8 Å². The van der Waals surface area contributed by atoms with Crippen molar-refractivity contribution in [3.63, 3.8) is 0 Å². The molecule has 0 heterocycles. The van der Waals surface area contributed by atoms with Crippen molar-refractivity contribution in [3.8, 4) is 0 Å². The van der Waals surface area contributed by atoms with Gasteiger partial charge in [-0.2, -0.15) is 0 Å². The maximum absolute atomic E-state index is 3.60. The van der Waals surface area contributed by atoms with Gasteiger partial charge in [0.05, 0.1) is 0 Å². The van der Waals surface area contributed by atoms with Crippen LogP contribution in [-0.4, -0.2) is 14.8 Å². The molecule has 0 aromatic carbocycles. The molecule has 0 spiro atoms. The first kappa shape index (κ1) is 10.2. The maximum Gasteiger partial charge on any atom is 0.116 e. The second kappa shape index (κ2) is 4.91. The molecule has 1 N–H and O–H groups in total. The van der Waals surface area contributed by atoms with Crippen LogP contribution in [0.25, 0.3) is 0 Å². The third kappa shape index (κ3) is 8.18. The first-order valence-electron chi connectivity index (χ1n) is 4.31. The van der Waals surface area contributed by atoms with Crippen LogP contribution in [0.2, 0.25) is 19.6 Å². The normalized spacial score (nSPS) is 12.0. The lowest BCUT2D eigenvalue weighted by molar-refractivity contribution is 0.696. The van der Waals surface area contributed by atoms with E-state index in [1.807, 2.05) is 0 Å². The van der Waals surface area contributed by atoms with Gasteiger partial charge in [-0.05, 0) is 13.0 Å². The van der Waals surface area contributed by atoms with Crippen LogP contribution in [0.1, 0.15) is 26.2 Å². The highest BCUT2D eigenvalue weighted by Crippen LogP contribution is 1.96. The smallest absolute Gasteiger partial charge is 0.116 e. The maximum atomic E-state index is 3.60. The van der Waals surface area contributed by atoms with Crippen molar-refractivity contribution in [1.82, 2.24) is 4.98 Å². The van der Waals surface area contributed by atoms with Crippen molar-refractivity contribution in [2.45, 2.75) is 45.8 Å². The van der Waals surface area contributed by atoms with Gasteiger partial charge in [0.15, 0.2) is 0 Å². The van der Waals surface area contributed by atoms with Gasteiger partial charge in [-0.3, -0.25) is 0 Å². The highest BCUT2D eigenvalue weighted by molar-refractivity contribution is 6.73. The molecule has 0 aliphatic carbocycles. The summed E-state index contributed by atoms with van der Waals surface area (Å²) in [5.74, 6) is 0. The number of hydrogen-bond donors (Lipinski definition) is 1. The third-order valence-corrected chi connectivity index (χ3v) is 2.75. The summed E-state index contributed by atoms with van der Waals surface area (Å²) in [7, 11) is -0.957. The Bertz CT molecular complexity index is 75.8. The Morgan fingerprint density at radius 1 is 1.10 bits per heavy atom. The van der Waals surface area contributed by atoms with Crippen molar-refractivity contribution in [3.05, 3.63) is 0 Å². The SMILES string of the molecule is CCCCCN[Si](C)(C)C. The van der Waals surface area contributed by atoms with Crippen LogP contribution in [0.3, 0.4) is 0 Å². The fourth-order valence-electron chi connectivity index (χ4n) is 0.838. The average molecular weight is 159 g/mol. The third-order valence-electron chi connectivity index (χ3n) is 1.44. The first-order valence-corrected chi connectivity index (χ1v) is 7.81. The molecule has 0 bridgehead atoms. The summed E-state index contributed by atoms with van der Waals surface area (Å²) in [5, 5.41) is 0. The summed E-state index contributed by atoms with van der Waals surface area (Å²) in [6.45, 7) is 10.5. The molecule has 0 aromatic heterocycles. The molecule has 0 saturated heterocycles. The molecule has 0 aromatic rings. The van der Waals surface area contributed by atoms with Crippen LogP contribution in [0.5, 0.6) is 0 Å². The van der Waals surface area contributed by atoms with Crippen molar-refractivity contribution >= 4 is 8.24 Å². The second-order valence-corrected chi connectivity index (χ2v) is 8.74. The molecule has 0 saturated carbocycles. The van der Waals surface area contributed by atoms with Crippen molar-refractivity contribution in [2.75, 3.05) is 6.54 Å². The molecule has 62 valence electrons. The van der Waals surface area contributed by atoms with Gasteiger partial charge in [-0.1, -0.05) is 39.4 Å². The molecule has 0 unspecified atom stereocenters. The lowest BCUT2D eigenvalue weighted by Gasteiger charge is -2.17. The molecule has 1 nitrogen and oxygen atoms in total. The zero-order valence-electron chi connectivity index (χ0n) is 7.83. The predicted octanol–water partition coefficient (Wildman–Crippen LogP) is 2.60. The highest BCUT2D eigenvalue weighted by atomic mass is 28.3. The summed E-state index contributed by atoms with van der Waals surface area (Å²) in [6, 6.07) is 0. The summed E-state index contributed by atoms with van der Waals surface area (Å²) in [4.78, 5) is 3.60. The minimum atomic E-state index is -0.957. The Labute approximate surface area is 66.3 Å². The minimum absolute atomic E-state index is 0.957. The van der Waals surface area contributed by atoms with Crippen LogP contribution in [-0.2, 0) is 0 Å². The fourth-order valence-corrected chi connectivity index (χ4v) is 1.77.